The van der Waals surface area contributed by atoms with Crippen LogP contribution in [0.4, 0.5) is 11.4 Å². The highest BCUT2D eigenvalue weighted by atomic mass is 35.5. The van der Waals surface area contributed by atoms with Crippen LogP contribution >= 0.6 is 11.6 Å². The van der Waals surface area contributed by atoms with Crippen molar-refractivity contribution in [3.8, 4) is 17.2 Å². The minimum Gasteiger partial charge on any atom is -0.493 e. The third-order valence-corrected chi connectivity index (χ3v) is 4.98. The van der Waals surface area contributed by atoms with Crippen LogP contribution in [-0.4, -0.2) is 40.5 Å². The third-order valence-electron chi connectivity index (χ3n) is 4.66. The molecule has 0 radical (unpaired) electrons. The predicted molar refractivity (Wildman–Crippen MR) is 128 cm³/mol. The molecule has 10 heteroatoms. The largest absolute Gasteiger partial charge is 0.493 e. The zero-order valence-electron chi connectivity index (χ0n) is 18.1. The summed E-state index contributed by atoms with van der Waals surface area (Å²) in [6, 6.07) is 20.9. The molecule has 2 amide bonds. The number of methoxy groups -OCH3 is 1. The number of halogens is 1. The molecule has 0 saturated carbocycles. The van der Waals surface area contributed by atoms with Crippen molar-refractivity contribution in [1.29, 1.82) is 0 Å². The van der Waals surface area contributed by atoms with Gasteiger partial charge in [-0.3, -0.25) is 9.59 Å². The molecule has 3 aromatic carbocycles. The highest BCUT2D eigenvalue weighted by molar-refractivity contribution is 6.32. The summed E-state index contributed by atoms with van der Waals surface area (Å²) in [6.45, 7) is -0.206. The number of aromatic nitrogens is 3. The number of rotatable bonds is 8. The van der Waals surface area contributed by atoms with Gasteiger partial charge in [-0.25, -0.2) is 4.68 Å². The molecule has 1 aromatic heterocycles. The van der Waals surface area contributed by atoms with E-state index in [-0.39, 0.29) is 18.2 Å². The van der Waals surface area contributed by atoms with Crippen molar-refractivity contribution in [1.82, 2.24) is 15.0 Å². The molecule has 0 fully saturated rings. The Bertz CT molecular complexity index is 1320. The van der Waals surface area contributed by atoms with Crippen molar-refractivity contribution in [2.45, 2.75) is 0 Å². The second-order valence-corrected chi connectivity index (χ2v) is 7.43. The molecule has 0 atom stereocenters. The fourth-order valence-electron chi connectivity index (χ4n) is 3.07. The first-order valence-electron chi connectivity index (χ1n) is 10.2. The summed E-state index contributed by atoms with van der Waals surface area (Å²) in [6.07, 6.45) is 1.48. The lowest BCUT2D eigenvalue weighted by atomic mass is 10.2. The lowest BCUT2D eigenvalue weighted by molar-refractivity contribution is -0.118. The molecule has 4 aromatic rings. The van der Waals surface area contributed by atoms with Gasteiger partial charge in [0.15, 0.2) is 23.8 Å². The first-order valence-corrected chi connectivity index (χ1v) is 10.6. The minimum atomic E-state index is -0.457. The molecular formula is C24H20ClN5O4. The fourth-order valence-corrected chi connectivity index (χ4v) is 3.29. The number of hydrogen-bond acceptors (Lipinski definition) is 6. The molecule has 0 saturated heterocycles. The number of anilines is 2. The molecule has 9 nitrogen and oxygen atoms in total. The summed E-state index contributed by atoms with van der Waals surface area (Å²) in [4.78, 5) is 24.9. The molecular weight excluding hydrogens is 458 g/mol. The Morgan fingerprint density at radius 3 is 2.41 bits per heavy atom. The lowest BCUT2D eigenvalue weighted by Crippen LogP contribution is -2.20. The molecule has 0 bridgehead atoms. The monoisotopic (exact) mass is 477 g/mol. The molecule has 0 unspecified atom stereocenters. The maximum atomic E-state index is 12.6. The Hall–Kier alpha value is -4.37. The van der Waals surface area contributed by atoms with Gasteiger partial charge in [-0.2, -0.15) is 0 Å². The summed E-state index contributed by atoms with van der Waals surface area (Å²) in [7, 11) is 1.53. The Morgan fingerprint density at radius 2 is 1.65 bits per heavy atom. The van der Waals surface area contributed by atoms with Crippen LogP contribution in [0.15, 0.2) is 79.0 Å². The average molecular weight is 478 g/mol. The maximum absolute atomic E-state index is 12.6. The quantitative estimate of drug-likeness (QED) is 0.394. The van der Waals surface area contributed by atoms with E-state index in [9.17, 15) is 9.59 Å². The molecule has 0 aliphatic heterocycles. The van der Waals surface area contributed by atoms with E-state index >= 15 is 0 Å². The number of benzene rings is 3. The van der Waals surface area contributed by atoms with E-state index in [2.05, 4.69) is 20.9 Å². The van der Waals surface area contributed by atoms with Crippen molar-refractivity contribution in [2.75, 3.05) is 24.4 Å². The summed E-state index contributed by atoms with van der Waals surface area (Å²) in [5, 5.41) is 13.8. The van der Waals surface area contributed by atoms with E-state index in [0.29, 0.717) is 33.6 Å². The fraction of sp³-hybridized carbons (Fsp3) is 0.0833. The zero-order valence-corrected chi connectivity index (χ0v) is 18.8. The first kappa shape index (κ1) is 22.8. The average Bonchev–Trinajstić information content (AvgIpc) is 3.34. The standard InChI is InChI=1S/C24H20ClN5O4/c1-33-21-11-4-5-12-22(21)34-15-23(31)26-16-7-6-8-17(13-16)27-24(32)19-14-30(29-28-19)20-10-3-2-9-18(20)25/h2-14H,15H2,1H3,(H,26,31)(H,27,32). The second kappa shape index (κ2) is 10.5. The molecule has 0 spiro atoms. The van der Waals surface area contributed by atoms with Crippen molar-refractivity contribution in [2.24, 2.45) is 0 Å². The third kappa shape index (κ3) is 5.51. The van der Waals surface area contributed by atoms with E-state index in [4.69, 9.17) is 21.1 Å². The number of carbonyl (C=O) groups excluding carboxylic acids is 2. The number of nitrogens with one attached hydrogen (secondary N) is 2. The maximum Gasteiger partial charge on any atom is 0.277 e. The van der Waals surface area contributed by atoms with Crippen molar-refractivity contribution in [3.05, 3.63) is 89.7 Å². The molecule has 2 N–H and O–H groups in total. The first-order chi connectivity index (χ1) is 16.5. The number of ether oxygens (including phenoxy) is 2. The summed E-state index contributed by atoms with van der Waals surface area (Å²) in [5.41, 5.74) is 1.68. The summed E-state index contributed by atoms with van der Waals surface area (Å²) >= 11 is 6.17. The van der Waals surface area contributed by atoms with Gasteiger partial charge < -0.3 is 20.1 Å². The highest BCUT2D eigenvalue weighted by Gasteiger charge is 2.14. The van der Waals surface area contributed by atoms with Crippen LogP contribution in [0.1, 0.15) is 10.5 Å². The van der Waals surface area contributed by atoms with E-state index < -0.39 is 5.91 Å². The molecule has 1 heterocycles. The van der Waals surface area contributed by atoms with E-state index in [1.54, 1.807) is 60.7 Å². The molecule has 0 aliphatic rings. The van der Waals surface area contributed by atoms with Gasteiger partial charge in [-0.1, -0.05) is 47.1 Å². The summed E-state index contributed by atoms with van der Waals surface area (Å²) in [5.74, 6) is 0.177. The predicted octanol–water partition coefficient (Wildman–Crippen LogP) is 4.20. The van der Waals surface area contributed by atoms with Crippen LogP contribution < -0.4 is 20.1 Å². The summed E-state index contributed by atoms with van der Waals surface area (Å²) < 4.78 is 12.2. The topological polar surface area (TPSA) is 107 Å². The van der Waals surface area contributed by atoms with Gasteiger partial charge in [-0.15, -0.1) is 5.10 Å². The van der Waals surface area contributed by atoms with Gasteiger partial charge in [0.2, 0.25) is 0 Å². The van der Waals surface area contributed by atoms with E-state index in [1.165, 1.54) is 18.0 Å². The highest BCUT2D eigenvalue weighted by Crippen LogP contribution is 2.25. The van der Waals surface area contributed by atoms with Crippen molar-refractivity contribution >= 4 is 34.8 Å². The van der Waals surface area contributed by atoms with Gasteiger partial charge in [0.1, 0.15) is 0 Å². The van der Waals surface area contributed by atoms with Crippen LogP contribution in [0.5, 0.6) is 11.5 Å². The van der Waals surface area contributed by atoms with Gasteiger partial charge in [0, 0.05) is 11.4 Å². The number of hydrogen-bond donors (Lipinski definition) is 2. The van der Waals surface area contributed by atoms with Gasteiger partial charge >= 0.3 is 0 Å². The second-order valence-electron chi connectivity index (χ2n) is 7.02. The number of nitrogens with zero attached hydrogens (tertiary/aromatic N) is 3. The van der Waals surface area contributed by atoms with Crippen LogP contribution in [0.3, 0.4) is 0 Å². The Kier molecular flexibility index (Phi) is 7.04. The van der Waals surface area contributed by atoms with E-state index in [0.717, 1.165) is 0 Å². The van der Waals surface area contributed by atoms with Crippen LogP contribution in [0.2, 0.25) is 5.02 Å². The molecule has 172 valence electrons. The minimum absolute atomic E-state index is 0.111. The smallest absolute Gasteiger partial charge is 0.277 e. The Labute approximate surface area is 200 Å². The van der Waals surface area contributed by atoms with Gasteiger partial charge in [0.25, 0.3) is 11.8 Å². The zero-order chi connectivity index (χ0) is 23.9. The van der Waals surface area contributed by atoms with Gasteiger partial charge in [-0.05, 0) is 42.5 Å². The van der Waals surface area contributed by atoms with Crippen molar-refractivity contribution in [3.63, 3.8) is 0 Å². The normalized spacial score (nSPS) is 10.4. The molecule has 0 aliphatic carbocycles. The molecule has 4 rings (SSSR count). The number of carbonyl (C=O) groups is 2. The lowest BCUT2D eigenvalue weighted by Gasteiger charge is -2.11. The Balaban J connectivity index is 1.36. The van der Waals surface area contributed by atoms with Crippen LogP contribution in [0, 0.1) is 0 Å². The SMILES string of the molecule is COc1ccccc1OCC(=O)Nc1cccc(NC(=O)c2cn(-c3ccccc3Cl)nn2)c1. The Morgan fingerprint density at radius 1 is 0.941 bits per heavy atom. The van der Waals surface area contributed by atoms with Crippen LogP contribution in [-0.2, 0) is 4.79 Å². The number of amides is 2. The van der Waals surface area contributed by atoms with E-state index in [1.807, 2.05) is 12.1 Å². The van der Waals surface area contributed by atoms with Crippen molar-refractivity contribution < 1.29 is 19.1 Å². The number of para-hydroxylation sites is 3. The van der Waals surface area contributed by atoms with Gasteiger partial charge in [0.05, 0.1) is 24.0 Å². The molecule has 34 heavy (non-hydrogen) atoms. The van der Waals surface area contributed by atoms with Crippen LogP contribution in [0.25, 0.3) is 5.69 Å².